The highest BCUT2D eigenvalue weighted by atomic mass is 19.1. The van der Waals surface area contributed by atoms with Crippen molar-refractivity contribution in [2.45, 2.75) is 0 Å². The largest absolute Gasteiger partial charge is 0.493 e. The van der Waals surface area contributed by atoms with E-state index in [1.54, 1.807) is 24.3 Å². The normalized spacial score (nSPS) is 14.2. The number of carbonyl (C=O) groups is 1. The fourth-order valence-electron chi connectivity index (χ4n) is 3.41. The molecule has 29 heavy (non-hydrogen) atoms. The molecule has 1 aliphatic rings. The number of piperazine rings is 1. The van der Waals surface area contributed by atoms with Crippen LogP contribution in [0.4, 0.5) is 15.8 Å². The summed E-state index contributed by atoms with van der Waals surface area (Å²) in [7, 11) is 2.99. The Hall–Kier alpha value is -3.31. The van der Waals surface area contributed by atoms with Crippen molar-refractivity contribution in [1.29, 1.82) is 5.26 Å². The molecule has 0 saturated carbocycles. The smallest absolute Gasteiger partial charge is 0.279 e. The van der Waals surface area contributed by atoms with Crippen LogP contribution in [0.5, 0.6) is 11.5 Å². The Labute approximate surface area is 169 Å². The fraction of sp³-hybridized carbons (Fsp3) is 0.333. The summed E-state index contributed by atoms with van der Waals surface area (Å²) in [6.07, 6.45) is 0. The number of anilines is 2. The van der Waals surface area contributed by atoms with Gasteiger partial charge in [0.15, 0.2) is 18.0 Å². The third kappa shape index (κ3) is 4.95. The molecule has 0 atom stereocenters. The van der Waals surface area contributed by atoms with Gasteiger partial charge in [-0.2, -0.15) is 5.26 Å². The van der Waals surface area contributed by atoms with E-state index >= 15 is 0 Å². The Morgan fingerprint density at radius 3 is 2.38 bits per heavy atom. The molecule has 0 spiro atoms. The SMILES string of the molecule is COc1cc(C#N)c(NC(=O)C[NH+]2CCN(c3ccc(F)cc3)CC2)cc1OC. The molecule has 1 saturated heterocycles. The second-order valence-corrected chi connectivity index (χ2v) is 6.80. The summed E-state index contributed by atoms with van der Waals surface area (Å²) in [5.74, 6) is 0.465. The Kier molecular flexibility index (Phi) is 6.52. The number of methoxy groups -OCH3 is 2. The van der Waals surface area contributed by atoms with Crippen LogP contribution in [0, 0.1) is 17.1 Å². The topological polar surface area (TPSA) is 79.0 Å². The van der Waals surface area contributed by atoms with Crippen LogP contribution < -0.4 is 24.6 Å². The van der Waals surface area contributed by atoms with Gasteiger partial charge in [-0.15, -0.1) is 0 Å². The summed E-state index contributed by atoms with van der Waals surface area (Å²) in [6.45, 7) is 3.46. The molecule has 8 heteroatoms. The predicted octanol–water partition coefficient (Wildman–Crippen LogP) is 1.06. The Bertz CT molecular complexity index is 903. The van der Waals surface area contributed by atoms with Gasteiger partial charge in [0.25, 0.3) is 5.91 Å². The molecular formula is C21H24FN4O3+. The zero-order chi connectivity index (χ0) is 20.8. The van der Waals surface area contributed by atoms with E-state index in [-0.39, 0.29) is 11.7 Å². The molecule has 2 aromatic rings. The lowest BCUT2D eigenvalue weighted by molar-refractivity contribution is -0.892. The number of ether oxygens (including phenoxy) is 2. The van der Waals surface area contributed by atoms with Crippen LogP contribution in [-0.2, 0) is 4.79 Å². The number of hydrogen-bond donors (Lipinski definition) is 2. The zero-order valence-corrected chi connectivity index (χ0v) is 16.5. The fourth-order valence-corrected chi connectivity index (χ4v) is 3.41. The summed E-state index contributed by atoms with van der Waals surface area (Å²) in [4.78, 5) is 15.9. The lowest BCUT2D eigenvalue weighted by atomic mass is 10.1. The second-order valence-electron chi connectivity index (χ2n) is 6.80. The van der Waals surface area contributed by atoms with Crippen LogP contribution in [0.15, 0.2) is 36.4 Å². The molecule has 0 aromatic heterocycles. The maximum absolute atomic E-state index is 13.1. The van der Waals surface area contributed by atoms with Crippen molar-refractivity contribution in [1.82, 2.24) is 0 Å². The average Bonchev–Trinajstić information content (AvgIpc) is 2.74. The molecule has 0 radical (unpaired) electrons. The summed E-state index contributed by atoms with van der Waals surface area (Å²) in [5.41, 5.74) is 1.70. The molecule has 2 aromatic carbocycles. The minimum atomic E-state index is -0.249. The molecule has 7 nitrogen and oxygen atoms in total. The quantitative estimate of drug-likeness (QED) is 0.760. The monoisotopic (exact) mass is 399 g/mol. The van der Waals surface area contributed by atoms with Gasteiger partial charge >= 0.3 is 0 Å². The third-order valence-corrected chi connectivity index (χ3v) is 4.99. The van der Waals surface area contributed by atoms with Gasteiger partial charge in [-0.3, -0.25) is 4.79 Å². The molecule has 0 bridgehead atoms. The van der Waals surface area contributed by atoms with Crippen LogP contribution in [-0.4, -0.2) is 52.9 Å². The van der Waals surface area contributed by atoms with Crippen molar-refractivity contribution < 1.29 is 23.6 Å². The Balaban J connectivity index is 1.58. The van der Waals surface area contributed by atoms with E-state index < -0.39 is 0 Å². The molecule has 1 amide bonds. The van der Waals surface area contributed by atoms with Crippen LogP contribution in [0.1, 0.15) is 5.56 Å². The number of carbonyl (C=O) groups excluding carboxylic acids is 1. The maximum atomic E-state index is 13.1. The van der Waals surface area contributed by atoms with Gasteiger partial charge in [0.05, 0.1) is 51.6 Å². The number of quaternary nitrogens is 1. The van der Waals surface area contributed by atoms with Gasteiger partial charge in [-0.25, -0.2) is 4.39 Å². The molecule has 152 valence electrons. The van der Waals surface area contributed by atoms with Crippen LogP contribution >= 0.6 is 0 Å². The molecule has 1 aliphatic heterocycles. The van der Waals surface area contributed by atoms with Crippen molar-refractivity contribution in [3.05, 3.63) is 47.8 Å². The number of benzene rings is 2. The lowest BCUT2D eigenvalue weighted by Crippen LogP contribution is -3.15. The highest BCUT2D eigenvalue weighted by Crippen LogP contribution is 2.32. The highest BCUT2D eigenvalue weighted by molar-refractivity contribution is 5.93. The van der Waals surface area contributed by atoms with E-state index in [2.05, 4.69) is 16.3 Å². The van der Waals surface area contributed by atoms with Crippen molar-refractivity contribution in [2.24, 2.45) is 0 Å². The van der Waals surface area contributed by atoms with Gasteiger partial charge in [0, 0.05) is 17.8 Å². The van der Waals surface area contributed by atoms with Gasteiger partial charge in [-0.1, -0.05) is 0 Å². The number of hydrogen-bond acceptors (Lipinski definition) is 5. The molecule has 1 fully saturated rings. The van der Waals surface area contributed by atoms with E-state index in [1.165, 1.54) is 26.4 Å². The predicted molar refractivity (Wildman–Crippen MR) is 107 cm³/mol. The number of rotatable bonds is 6. The van der Waals surface area contributed by atoms with E-state index in [0.717, 1.165) is 36.8 Å². The maximum Gasteiger partial charge on any atom is 0.279 e. The number of halogens is 1. The van der Waals surface area contributed by atoms with E-state index in [0.29, 0.717) is 29.3 Å². The molecule has 0 aliphatic carbocycles. The van der Waals surface area contributed by atoms with Gasteiger partial charge in [0.1, 0.15) is 11.9 Å². The number of nitrogens with one attached hydrogen (secondary N) is 2. The molecular weight excluding hydrogens is 375 g/mol. The van der Waals surface area contributed by atoms with Crippen molar-refractivity contribution >= 4 is 17.3 Å². The average molecular weight is 399 g/mol. The Morgan fingerprint density at radius 2 is 1.79 bits per heavy atom. The van der Waals surface area contributed by atoms with Crippen LogP contribution in [0.2, 0.25) is 0 Å². The van der Waals surface area contributed by atoms with E-state index in [9.17, 15) is 14.4 Å². The summed E-state index contributed by atoms with van der Waals surface area (Å²) < 4.78 is 23.5. The first-order valence-electron chi connectivity index (χ1n) is 9.34. The van der Waals surface area contributed by atoms with Gasteiger partial charge in [0.2, 0.25) is 0 Å². The van der Waals surface area contributed by atoms with Gasteiger partial charge in [-0.05, 0) is 24.3 Å². The van der Waals surface area contributed by atoms with Crippen LogP contribution in [0.3, 0.4) is 0 Å². The molecule has 2 N–H and O–H groups in total. The minimum absolute atomic E-state index is 0.168. The first kappa shape index (κ1) is 20.4. The first-order valence-corrected chi connectivity index (χ1v) is 9.34. The number of nitriles is 1. The number of nitrogens with zero attached hydrogens (tertiary/aromatic N) is 2. The Morgan fingerprint density at radius 1 is 1.17 bits per heavy atom. The third-order valence-electron chi connectivity index (χ3n) is 4.99. The lowest BCUT2D eigenvalue weighted by Gasteiger charge is -2.33. The summed E-state index contributed by atoms with van der Waals surface area (Å²) in [6, 6.07) is 11.7. The number of amides is 1. The van der Waals surface area contributed by atoms with E-state index in [4.69, 9.17) is 9.47 Å². The molecule has 1 heterocycles. The summed E-state index contributed by atoms with van der Waals surface area (Å²) in [5, 5.41) is 12.2. The van der Waals surface area contributed by atoms with Gasteiger partial charge < -0.3 is 24.6 Å². The summed E-state index contributed by atoms with van der Waals surface area (Å²) >= 11 is 0. The van der Waals surface area contributed by atoms with Crippen molar-refractivity contribution in [3.8, 4) is 17.6 Å². The first-order chi connectivity index (χ1) is 14.0. The van der Waals surface area contributed by atoms with Crippen molar-refractivity contribution in [3.63, 3.8) is 0 Å². The zero-order valence-electron chi connectivity index (χ0n) is 16.5. The second kappa shape index (κ2) is 9.26. The van der Waals surface area contributed by atoms with Crippen LogP contribution in [0.25, 0.3) is 0 Å². The van der Waals surface area contributed by atoms with E-state index in [1.807, 2.05) is 0 Å². The standard InChI is InChI=1S/C21H23FN4O3/c1-28-19-11-15(13-23)18(12-20(19)29-2)24-21(27)14-25-7-9-26(10-8-25)17-5-3-16(22)4-6-17/h3-6,11-12H,7-10,14H2,1-2H3,(H,24,27)/p+1. The molecule has 3 rings (SSSR count). The molecule has 0 unspecified atom stereocenters. The minimum Gasteiger partial charge on any atom is -0.493 e. The highest BCUT2D eigenvalue weighted by Gasteiger charge is 2.23. The van der Waals surface area contributed by atoms with Crippen molar-refractivity contribution in [2.75, 3.05) is 57.2 Å².